The van der Waals surface area contributed by atoms with Gasteiger partial charge < -0.3 is 15.5 Å². The Kier molecular flexibility index (Phi) is 5.28. The summed E-state index contributed by atoms with van der Waals surface area (Å²) in [5.41, 5.74) is 1.79. The monoisotopic (exact) mass is 341 g/mol. The lowest BCUT2D eigenvalue weighted by atomic mass is 10.1. The lowest BCUT2D eigenvalue weighted by molar-refractivity contribution is -0.117. The summed E-state index contributed by atoms with van der Waals surface area (Å²) in [5.74, 6) is -0.427. The van der Waals surface area contributed by atoms with Crippen LogP contribution >= 0.6 is 0 Å². The third-order valence-electron chi connectivity index (χ3n) is 4.14. The molecule has 1 heterocycles. The second-order valence-electron chi connectivity index (χ2n) is 6.02. The van der Waals surface area contributed by atoms with Gasteiger partial charge in [-0.25, -0.2) is 9.18 Å². The lowest BCUT2D eigenvalue weighted by Gasteiger charge is -2.17. The highest BCUT2D eigenvalue weighted by atomic mass is 19.1. The zero-order valence-corrected chi connectivity index (χ0v) is 13.7. The molecule has 0 aliphatic carbocycles. The predicted octanol–water partition coefficient (Wildman–Crippen LogP) is 2.47. The number of hydrogen-bond acceptors (Lipinski definition) is 2. The molecule has 1 atom stereocenters. The fraction of sp³-hybridized carbons (Fsp3) is 0.263. The van der Waals surface area contributed by atoms with Crippen LogP contribution in [0.25, 0.3) is 0 Å². The van der Waals surface area contributed by atoms with Crippen molar-refractivity contribution in [2.75, 3.05) is 18.0 Å². The van der Waals surface area contributed by atoms with Gasteiger partial charge in [0.15, 0.2) is 0 Å². The molecule has 0 spiro atoms. The van der Waals surface area contributed by atoms with Gasteiger partial charge in [-0.05, 0) is 36.2 Å². The minimum atomic E-state index is -0.345. The maximum Gasteiger partial charge on any atom is 0.315 e. The SMILES string of the molecule is O=C(NCCc1ccccc1)N[C@@H]1CC(=O)N(c2ccc(F)cc2)C1. The van der Waals surface area contributed by atoms with Crippen molar-refractivity contribution in [1.29, 1.82) is 0 Å². The molecule has 0 saturated carbocycles. The first-order valence-corrected chi connectivity index (χ1v) is 8.26. The molecule has 3 amide bonds. The van der Waals surface area contributed by atoms with E-state index in [1.807, 2.05) is 30.3 Å². The Hall–Kier alpha value is -2.89. The average molecular weight is 341 g/mol. The second-order valence-corrected chi connectivity index (χ2v) is 6.02. The van der Waals surface area contributed by atoms with Crippen molar-refractivity contribution >= 4 is 17.6 Å². The molecule has 2 aromatic carbocycles. The van der Waals surface area contributed by atoms with Crippen LogP contribution in [0.5, 0.6) is 0 Å². The van der Waals surface area contributed by atoms with Crippen LogP contribution in [0.3, 0.4) is 0 Å². The van der Waals surface area contributed by atoms with E-state index in [4.69, 9.17) is 0 Å². The van der Waals surface area contributed by atoms with Gasteiger partial charge in [0, 0.05) is 25.2 Å². The third-order valence-corrected chi connectivity index (χ3v) is 4.14. The number of halogens is 1. The van der Waals surface area contributed by atoms with Crippen LogP contribution in [0.2, 0.25) is 0 Å². The highest BCUT2D eigenvalue weighted by Gasteiger charge is 2.31. The Morgan fingerprint density at radius 3 is 2.56 bits per heavy atom. The number of nitrogens with zero attached hydrogens (tertiary/aromatic N) is 1. The zero-order chi connectivity index (χ0) is 17.6. The normalized spacial score (nSPS) is 16.8. The molecule has 130 valence electrons. The maximum atomic E-state index is 13.0. The third kappa shape index (κ3) is 4.56. The molecule has 5 nitrogen and oxygen atoms in total. The second kappa shape index (κ2) is 7.79. The van der Waals surface area contributed by atoms with Gasteiger partial charge in [0.25, 0.3) is 0 Å². The van der Waals surface area contributed by atoms with Gasteiger partial charge in [-0.2, -0.15) is 0 Å². The number of anilines is 1. The Morgan fingerprint density at radius 2 is 1.84 bits per heavy atom. The van der Waals surface area contributed by atoms with Gasteiger partial charge in [-0.1, -0.05) is 30.3 Å². The van der Waals surface area contributed by atoms with E-state index in [2.05, 4.69) is 10.6 Å². The smallest absolute Gasteiger partial charge is 0.315 e. The van der Waals surface area contributed by atoms with Gasteiger partial charge in [0.05, 0.1) is 6.04 Å². The molecule has 1 fully saturated rings. The topological polar surface area (TPSA) is 61.4 Å². The van der Waals surface area contributed by atoms with Gasteiger partial charge in [0.2, 0.25) is 5.91 Å². The van der Waals surface area contributed by atoms with Crippen LogP contribution < -0.4 is 15.5 Å². The lowest BCUT2D eigenvalue weighted by Crippen LogP contribution is -2.43. The number of benzene rings is 2. The van der Waals surface area contributed by atoms with Crippen molar-refractivity contribution in [2.24, 2.45) is 0 Å². The summed E-state index contributed by atoms with van der Waals surface area (Å²) < 4.78 is 13.0. The van der Waals surface area contributed by atoms with E-state index >= 15 is 0 Å². The number of amides is 3. The summed E-state index contributed by atoms with van der Waals surface area (Å²) in [6.07, 6.45) is 0.989. The summed E-state index contributed by atoms with van der Waals surface area (Å²) in [4.78, 5) is 25.7. The molecule has 1 aliphatic rings. The fourth-order valence-electron chi connectivity index (χ4n) is 2.88. The number of nitrogens with one attached hydrogen (secondary N) is 2. The zero-order valence-electron chi connectivity index (χ0n) is 13.7. The Labute approximate surface area is 145 Å². The van der Waals surface area contributed by atoms with Crippen molar-refractivity contribution in [3.8, 4) is 0 Å². The molecule has 2 N–H and O–H groups in total. The molecular formula is C19H20FN3O2. The van der Waals surface area contributed by atoms with Crippen molar-refractivity contribution in [3.63, 3.8) is 0 Å². The molecule has 25 heavy (non-hydrogen) atoms. The molecular weight excluding hydrogens is 321 g/mol. The first kappa shape index (κ1) is 17.0. The summed E-state index contributed by atoms with van der Waals surface area (Å²) in [6.45, 7) is 0.911. The molecule has 6 heteroatoms. The number of carbonyl (C=O) groups is 2. The van der Waals surface area contributed by atoms with E-state index < -0.39 is 0 Å². The minimum absolute atomic E-state index is 0.0822. The number of rotatable bonds is 5. The number of hydrogen-bond donors (Lipinski definition) is 2. The van der Waals surface area contributed by atoms with Crippen molar-refractivity contribution in [1.82, 2.24) is 10.6 Å². The largest absolute Gasteiger partial charge is 0.338 e. The number of carbonyl (C=O) groups excluding carboxylic acids is 2. The Balaban J connectivity index is 1.46. The maximum absolute atomic E-state index is 13.0. The first-order valence-electron chi connectivity index (χ1n) is 8.26. The molecule has 0 aromatic heterocycles. The molecule has 0 unspecified atom stereocenters. The van der Waals surface area contributed by atoms with E-state index in [0.29, 0.717) is 18.8 Å². The van der Waals surface area contributed by atoms with Crippen molar-refractivity contribution in [3.05, 3.63) is 66.0 Å². The van der Waals surface area contributed by atoms with E-state index in [-0.39, 0.29) is 30.2 Å². The van der Waals surface area contributed by atoms with E-state index in [1.165, 1.54) is 12.1 Å². The fourth-order valence-corrected chi connectivity index (χ4v) is 2.88. The molecule has 1 saturated heterocycles. The molecule has 0 radical (unpaired) electrons. The highest BCUT2D eigenvalue weighted by molar-refractivity contribution is 5.96. The highest BCUT2D eigenvalue weighted by Crippen LogP contribution is 2.21. The minimum Gasteiger partial charge on any atom is -0.338 e. The first-order chi connectivity index (χ1) is 12.1. The molecule has 1 aliphatic heterocycles. The van der Waals surface area contributed by atoms with Crippen LogP contribution in [0.1, 0.15) is 12.0 Å². The van der Waals surface area contributed by atoms with Gasteiger partial charge in [-0.15, -0.1) is 0 Å². The van der Waals surface area contributed by atoms with Gasteiger partial charge in [0.1, 0.15) is 5.82 Å². The van der Waals surface area contributed by atoms with E-state index in [0.717, 1.165) is 12.0 Å². The summed E-state index contributed by atoms with van der Waals surface area (Å²) in [5, 5.41) is 5.63. The van der Waals surface area contributed by atoms with Crippen LogP contribution in [0, 0.1) is 5.82 Å². The van der Waals surface area contributed by atoms with Crippen LogP contribution in [-0.2, 0) is 11.2 Å². The summed E-state index contributed by atoms with van der Waals surface area (Å²) in [6, 6.07) is 15.1. The van der Waals surface area contributed by atoms with Crippen LogP contribution in [0.4, 0.5) is 14.9 Å². The van der Waals surface area contributed by atoms with Crippen molar-refractivity contribution in [2.45, 2.75) is 18.9 Å². The summed E-state index contributed by atoms with van der Waals surface area (Å²) in [7, 11) is 0. The standard InChI is InChI=1S/C19H20FN3O2/c20-15-6-8-17(9-7-15)23-13-16(12-18(23)24)22-19(25)21-11-10-14-4-2-1-3-5-14/h1-9,16H,10-13H2,(H2,21,22,25)/t16-/m1/s1. The average Bonchev–Trinajstić information content (AvgIpc) is 2.96. The van der Waals surface area contributed by atoms with E-state index in [1.54, 1.807) is 17.0 Å². The van der Waals surface area contributed by atoms with Crippen molar-refractivity contribution < 1.29 is 14.0 Å². The predicted molar refractivity (Wildman–Crippen MR) is 93.8 cm³/mol. The molecule has 3 rings (SSSR count). The van der Waals surface area contributed by atoms with Gasteiger partial charge in [-0.3, -0.25) is 4.79 Å². The van der Waals surface area contributed by atoms with E-state index in [9.17, 15) is 14.0 Å². The quantitative estimate of drug-likeness (QED) is 0.878. The Morgan fingerprint density at radius 1 is 1.12 bits per heavy atom. The molecule has 2 aromatic rings. The Bertz CT molecular complexity index is 734. The van der Waals surface area contributed by atoms with Crippen LogP contribution in [0.15, 0.2) is 54.6 Å². The van der Waals surface area contributed by atoms with Crippen LogP contribution in [-0.4, -0.2) is 31.1 Å². The summed E-state index contributed by atoms with van der Waals surface area (Å²) >= 11 is 0. The van der Waals surface area contributed by atoms with Gasteiger partial charge >= 0.3 is 6.03 Å². The number of urea groups is 1. The molecule has 0 bridgehead atoms.